The lowest BCUT2D eigenvalue weighted by atomic mass is 10.1. The molecule has 0 atom stereocenters. The summed E-state index contributed by atoms with van der Waals surface area (Å²) >= 11 is 0. The number of nitrogens with two attached hydrogens (primary N) is 1. The fraction of sp³-hybridized carbons (Fsp3) is 0.769. The van der Waals surface area contributed by atoms with Crippen molar-refractivity contribution in [1.82, 2.24) is 4.98 Å². The van der Waals surface area contributed by atoms with Gasteiger partial charge in [0.2, 0.25) is 6.33 Å². The number of imidazole rings is 1. The first-order valence-corrected chi connectivity index (χ1v) is 6.63. The Labute approximate surface area is 116 Å². The maximum Gasteiger partial charge on any atom is 0.241 e. The molecule has 0 saturated carbocycles. The van der Waals surface area contributed by atoms with Crippen molar-refractivity contribution in [2.75, 3.05) is 6.54 Å². The average Bonchev–Trinajstić information content (AvgIpc) is 2.72. The zero-order valence-electron chi connectivity index (χ0n) is 10.9. The van der Waals surface area contributed by atoms with Crippen LogP contribution in [0.5, 0.6) is 0 Å². The molecule has 1 aromatic rings. The minimum Gasteiger partial charge on any atom is -1.00 e. The van der Waals surface area contributed by atoms with Gasteiger partial charge in [-0.2, -0.15) is 0 Å². The summed E-state index contributed by atoms with van der Waals surface area (Å²) in [6, 6.07) is 0. The molecule has 0 unspecified atom stereocenters. The van der Waals surface area contributed by atoms with Crippen LogP contribution in [0.2, 0.25) is 0 Å². The third-order valence-corrected chi connectivity index (χ3v) is 3.00. The molecule has 0 radical (unpaired) electrons. The molecule has 3 nitrogen and oxygen atoms in total. The minimum absolute atomic E-state index is 0. The van der Waals surface area contributed by atoms with Crippen molar-refractivity contribution >= 4 is 0 Å². The fourth-order valence-corrected chi connectivity index (χ4v) is 2.02. The number of H-pyrrole nitrogens is 1. The molecule has 0 fully saturated rings. The van der Waals surface area contributed by atoms with Gasteiger partial charge in [-0.3, -0.25) is 0 Å². The zero-order chi connectivity index (χ0) is 11.6. The van der Waals surface area contributed by atoms with Crippen LogP contribution in [-0.4, -0.2) is 11.5 Å². The van der Waals surface area contributed by atoms with Crippen molar-refractivity contribution in [3.8, 4) is 0 Å². The topological polar surface area (TPSA) is 45.7 Å². The Balaban J connectivity index is 0.00000256. The highest BCUT2D eigenvalue weighted by Gasteiger charge is 2.06. The molecular weight excluding hydrogens is 278 g/mol. The molecule has 0 aliphatic carbocycles. The van der Waals surface area contributed by atoms with Gasteiger partial charge in [-0.1, -0.05) is 32.6 Å². The Bertz CT molecular complexity index is 273. The van der Waals surface area contributed by atoms with Gasteiger partial charge in [0.05, 0.1) is 6.54 Å². The van der Waals surface area contributed by atoms with E-state index in [1.54, 1.807) is 0 Å². The van der Waals surface area contributed by atoms with Gasteiger partial charge in [0.25, 0.3) is 0 Å². The minimum atomic E-state index is 0. The van der Waals surface area contributed by atoms with E-state index in [1.807, 2.05) is 0 Å². The molecule has 0 saturated heterocycles. The number of rotatable bonds is 9. The molecule has 17 heavy (non-hydrogen) atoms. The van der Waals surface area contributed by atoms with E-state index in [9.17, 15) is 0 Å². The molecule has 0 aliphatic heterocycles. The second kappa shape index (κ2) is 10.8. The highest BCUT2D eigenvalue weighted by atomic mass is 79.9. The van der Waals surface area contributed by atoms with E-state index in [-0.39, 0.29) is 17.0 Å². The largest absolute Gasteiger partial charge is 1.00 e. The van der Waals surface area contributed by atoms with E-state index < -0.39 is 0 Å². The van der Waals surface area contributed by atoms with Gasteiger partial charge >= 0.3 is 0 Å². The lowest BCUT2D eigenvalue weighted by Crippen LogP contribution is -3.00. The summed E-state index contributed by atoms with van der Waals surface area (Å²) in [5, 5.41) is 0. The Hall–Kier alpha value is -0.350. The van der Waals surface area contributed by atoms with Crippen LogP contribution in [0.1, 0.15) is 51.1 Å². The summed E-state index contributed by atoms with van der Waals surface area (Å²) < 4.78 is 2.30. The van der Waals surface area contributed by atoms with Gasteiger partial charge in [0.1, 0.15) is 11.9 Å². The second-order valence-corrected chi connectivity index (χ2v) is 4.43. The van der Waals surface area contributed by atoms with Crippen molar-refractivity contribution in [3.05, 3.63) is 18.2 Å². The molecule has 0 aliphatic rings. The Morgan fingerprint density at radius 2 is 1.88 bits per heavy atom. The van der Waals surface area contributed by atoms with Crippen molar-refractivity contribution in [2.24, 2.45) is 5.73 Å². The van der Waals surface area contributed by atoms with Crippen LogP contribution in [0.3, 0.4) is 0 Å². The standard InChI is InChI=1S/C13H25N3.BrH/c1-2-3-4-5-6-7-10-16-12-15-11-13(16)8-9-14;/h11-12H,2-10,14H2,1H3;1H. The Morgan fingerprint density at radius 3 is 2.59 bits per heavy atom. The summed E-state index contributed by atoms with van der Waals surface area (Å²) in [4.78, 5) is 3.15. The number of aromatic amines is 1. The molecule has 4 heteroatoms. The lowest BCUT2D eigenvalue weighted by molar-refractivity contribution is -0.703. The first-order chi connectivity index (χ1) is 7.88. The molecule has 0 spiro atoms. The molecule has 0 amide bonds. The van der Waals surface area contributed by atoms with Gasteiger partial charge in [0.15, 0.2) is 0 Å². The van der Waals surface area contributed by atoms with E-state index >= 15 is 0 Å². The van der Waals surface area contributed by atoms with Crippen LogP contribution in [0.4, 0.5) is 0 Å². The number of hydrogen-bond acceptors (Lipinski definition) is 1. The molecule has 0 bridgehead atoms. The number of unbranched alkanes of at least 4 members (excludes halogenated alkanes) is 5. The first kappa shape index (κ1) is 16.6. The number of nitrogens with one attached hydrogen (secondary N) is 1. The summed E-state index contributed by atoms with van der Waals surface area (Å²) in [5.74, 6) is 0. The van der Waals surface area contributed by atoms with Crippen LogP contribution < -0.4 is 27.3 Å². The van der Waals surface area contributed by atoms with E-state index in [4.69, 9.17) is 5.73 Å². The molecule has 1 aromatic heterocycles. The fourth-order valence-electron chi connectivity index (χ4n) is 2.02. The summed E-state index contributed by atoms with van der Waals surface area (Å²) in [6.07, 6.45) is 13.2. The van der Waals surface area contributed by atoms with Crippen LogP contribution in [0, 0.1) is 0 Å². The number of halogens is 1. The van der Waals surface area contributed by atoms with Crippen LogP contribution in [0.25, 0.3) is 0 Å². The number of aromatic nitrogens is 2. The molecule has 1 rings (SSSR count). The van der Waals surface area contributed by atoms with Gasteiger partial charge in [-0.15, -0.1) is 0 Å². The predicted molar refractivity (Wildman–Crippen MR) is 67.1 cm³/mol. The highest BCUT2D eigenvalue weighted by Crippen LogP contribution is 2.04. The molecule has 3 N–H and O–H groups in total. The number of aryl methyl sites for hydroxylation is 1. The number of hydrogen-bond donors (Lipinski definition) is 2. The quantitative estimate of drug-likeness (QED) is 0.454. The van der Waals surface area contributed by atoms with Crippen LogP contribution >= 0.6 is 0 Å². The first-order valence-electron chi connectivity index (χ1n) is 6.63. The Morgan fingerprint density at radius 1 is 1.18 bits per heavy atom. The van der Waals surface area contributed by atoms with Gasteiger partial charge in [-0.25, -0.2) is 9.55 Å². The second-order valence-electron chi connectivity index (χ2n) is 4.43. The lowest BCUT2D eigenvalue weighted by Gasteiger charge is -2.01. The van der Waals surface area contributed by atoms with Crippen molar-refractivity contribution in [3.63, 3.8) is 0 Å². The predicted octanol–water partition coefficient (Wildman–Crippen LogP) is -0.832. The van der Waals surface area contributed by atoms with Gasteiger partial charge in [0, 0.05) is 6.42 Å². The van der Waals surface area contributed by atoms with E-state index in [2.05, 4.69) is 29.0 Å². The average molecular weight is 304 g/mol. The normalized spacial score (nSPS) is 10.2. The maximum atomic E-state index is 5.57. The van der Waals surface area contributed by atoms with E-state index in [1.165, 1.54) is 44.2 Å². The molecular formula is C13H26BrN3. The van der Waals surface area contributed by atoms with Gasteiger partial charge in [-0.05, 0) is 19.4 Å². The van der Waals surface area contributed by atoms with Crippen LogP contribution in [-0.2, 0) is 13.0 Å². The molecule has 1 heterocycles. The Kier molecular flexibility index (Phi) is 10.6. The molecule has 100 valence electrons. The van der Waals surface area contributed by atoms with E-state index in [0.717, 1.165) is 19.5 Å². The highest BCUT2D eigenvalue weighted by molar-refractivity contribution is 4.86. The van der Waals surface area contributed by atoms with Gasteiger partial charge < -0.3 is 22.7 Å². The maximum absolute atomic E-state index is 5.57. The SMILES string of the molecule is CCCCCCCC[n+]1c[nH]cc1CCN.[Br-]. The third kappa shape index (κ3) is 6.84. The van der Waals surface area contributed by atoms with E-state index in [0.29, 0.717) is 0 Å². The zero-order valence-corrected chi connectivity index (χ0v) is 12.5. The summed E-state index contributed by atoms with van der Waals surface area (Å²) in [5.41, 5.74) is 6.90. The summed E-state index contributed by atoms with van der Waals surface area (Å²) in [6.45, 7) is 4.12. The van der Waals surface area contributed by atoms with Crippen molar-refractivity contribution in [1.29, 1.82) is 0 Å². The summed E-state index contributed by atoms with van der Waals surface area (Å²) in [7, 11) is 0. The molecule has 0 aromatic carbocycles. The smallest absolute Gasteiger partial charge is 0.241 e. The van der Waals surface area contributed by atoms with Crippen molar-refractivity contribution < 1.29 is 21.5 Å². The van der Waals surface area contributed by atoms with Crippen molar-refractivity contribution in [2.45, 2.75) is 58.4 Å². The monoisotopic (exact) mass is 303 g/mol. The number of nitrogens with zero attached hydrogens (tertiary/aromatic N) is 1. The van der Waals surface area contributed by atoms with Crippen LogP contribution in [0.15, 0.2) is 12.5 Å². The third-order valence-electron chi connectivity index (χ3n) is 3.00.